The molecule has 0 unspecified atom stereocenters. The second-order valence-electron chi connectivity index (χ2n) is 8.42. The van der Waals surface area contributed by atoms with Crippen molar-refractivity contribution < 1.29 is 14.4 Å². The lowest BCUT2D eigenvalue weighted by Gasteiger charge is -2.34. The summed E-state index contributed by atoms with van der Waals surface area (Å²) in [5.41, 5.74) is 7.51. The second-order valence-corrected chi connectivity index (χ2v) is 8.42. The van der Waals surface area contributed by atoms with Crippen LogP contribution >= 0.6 is 0 Å². The van der Waals surface area contributed by atoms with E-state index in [0.717, 1.165) is 56.3 Å². The van der Waals surface area contributed by atoms with Gasteiger partial charge in [-0.15, -0.1) is 0 Å². The highest BCUT2D eigenvalue weighted by atomic mass is 16.2. The van der Waals surface area contributed by atoms with Crippen LogP contribution in [-0.2, 0) is 11.3 Å². The number of fused-ring (bicyclic) bond motifs is 1. The summed E-state index contributed by atoms with van der Waals surface area (Å²) in [7, 11) is 0. The number of nitrogens with zero attached hydrogens (tertiary/aromatic N) is 2. The third-order valence-electron chi connectivity index (χ3n) is 6.31. The van der Waals surface area contributed by atoms with Gasteiger partial charge in [-0.1, -0.05) is 37.6 Å². The van der Waals surface area contributed by atoms with Crippen LogP contribution in [0.3, 0.4) is 0 Å². The van der Waals surface area contributed by atoms with E-state index in [1.165, 1.54) is 10.6 Å². The SMILES string of the molecule is CCCCC(=O)NN1Cc2cc(N3CCC(c4ccc(C=O)cc4)CC3)ccc2C1=O. The predicted octanol–water partition coefficient (Wildman–Crippen LogP) is 4.06. The van der Waals surface area contributed by atoms with Crippen molar-refractivity contribution in [1.82, 2.24) is 10.4 Å². The predicted molar refractivity (Wildman–Crippen MR) is 120 cm³/mol. The van der Waals surface area contributed by atoms with Crippen molar-refractivity contribution in [3.05, 3.63) is 64.7 Å². The Morgan fingerprint density at radius 1 is 1.13 bits per heavy atom. The molecule has 2 amide bonds. The number of unbranched alkanes of at least 4 members (excludes halogenated alkanes) is 1. The molecule has 4 rings (SSSR count). The first-order valence-corrected chi connectivity index (χ1v) is 11.1. The fraction of sp³-hybridized carbons (Fsp3) is 0.400. The molecular weight excluding hydrogens is 390 g/mol. The lowest BCUT2D eigenvalue weighted by molar-refractivity contribution is -0.125. The molecule has 2 aliphatic heterocycles. The molecule has 0 atom stereocenters. The van der Waals surface area contributed by atoms with Gasteiger partial charge in [0.25, 0.3) is 5.91 Å². The summed E-state index contributed by atoms with van der Waals surface area (Å²) in [5.74, 6) is 0.261. The van der Waals surface area contributed by atoms with E-state index in [9.17, 15) is 14.4 Å². The molecule has 1 N–H and O–H groups in total. The van der Waals surface area contributed by atoms with Crippen LogP contribution in [0.4, 0.5) is 5.69 Å². The zero-order valence-electron chi connectivity index (χ0n) is 18.0. The highest BCUT2D eigenvalue weighted by molar-refractivity contribution is 5.99. The van der Waals surface area contributed by atoms with E-state index >= 15 is 0 Å². The molecule has 1 saturated heterocycles. The minimum Gasteiger partial charge on any atom is -0.371 e. The van der Waals surface area contributed by atoms with Crippen molar-refractivity contribution in [3.63, 3.8) is 0 Å². The van der Waals surface area contributed by atoms with Gasteiger partial charge in [0.2, 0.25) is 5.91 Å². The normalized spacial score (nSPS) is 16.4. The lowest BCUT2D eigenvalue weighted by Crippen LogP contribution is -2.42. The minimum atomic E-state index is -0.135. The molecule has 2 aromatic carbocycles. The number of anilines is 1. The molecule has 2 aliphatic rings. The molecule has 0 bridgehead atoms. The molecular formula is C25H29N3O3. The van der Waals surface area contributed by atoms with Crippen molar-refractivity contribution in [2.45, 2.75) is 51.5 Å². The molecule has 6 nitrogen and oxygen atoms in total. The molecule has 6 heteroatoms. The molecule has 1 fully saturated rings. The third-order valence-corrected chi connectivity index (χ3v) is 6.31. The van der Waals surface area contributed by atoms with Crippen LogP contribution in [0, 0.1) is 0 Å². The highest BCUT2D eigenvalue weighted by Gasteiger charge is 2.30. The first-order chi connectivity index (χ1) is 15.1. The Balaban J connectivity index is 1.37. The van der Waals surface area contributed by atoms with Gasteiger partial charge in [-0.2, -0.15) is 0 Å². The van der Waals surface area contributed by atoms with Crippen molar-refractivity contribution >= 4 is 23.8 Å². The van der Waals surface area contributed by atoms with Gasteiger partial charge < -0.3 is 4.90 Å². The second kappa shape index (κ2) is 9.33. The molecule has 2 heterocycles. The number of nitrogens with one attached hydrogen (secondary N) is 1. The van der Waals surface area contributed by atoms with Crippen LogP contribution in [0.2, 0.25) is 0 Å². The van der Waals surface area contributed by atoms with E-state index in [1.54, 1.807) is 0 Å². The van der Waals surface area contributed by atoms with E-state index in [4.69, 9.17) is 0 Å². The quantitative estimate of drug-likeness (QED) is 0.687. The maximum Gasteiger partial charge on any atom is 0.272 e. The van der Waals surface area contributed by atoms with Gasteiger partial charge in [0.05, 0.1) is 6.54 Å². The Hall–Kier alpha value is -3.15. The fourth-order valence-corrected chi connectivity index (χ4v) is 4.46. The fourth-order valence-electron chi connectivity index (χ4n) is 4.46. The Bertz CT molecular complexity index is 962. The van der Waals surface area contributed by atoms with Gasteiger partial charge in [0.1, 0.15) is 6.29 Å². The molecule has 0 saturated carbocycles. The summed E-state index contributed by atoms with van der Waals surface area (Å²) < 4.78 is 0. The average molecular weight is 420 g/mol. The first kappa shape index (κ1) is 21.1. The van der Waals surface area contributed by atoms with Crippen molar-refractivity contribution in [2.24, 2.45) is 0 Å². The Kier molecular flexibility index (Phi) is 6.35. The molecule has 0 spiro atoms. The number of hydrazine groups is 1. The van der Waals surface area contributed by atoms with Crippen LogP contribution in [0.25, 0.3) is 0 Å². The monoisotopic (exact) mass is 419 g/mol. The van der Waals surface area contributed by atoms with E-state index < -0.39 is 0 Å². The number of benzene rings is 2. The number of carbonyl (C=O) groups excluding carboxylic acids is 3. The topological polar surface area (TPSA) is 69.7 Å². The largest absolute Gasteiger partial charge is 0.371 e. The summed E-state index contributed by atoms with van der Waals surface area (Å²) >= 11 is 0. The van der Waals surface area contributed by atoms with Crippen LogP contribution in [-0.4, -0.2) is 36.2 Å². The molecule has 31 heavy (non-hydrogen) atoms. The van der Waals surface area contributed by atoms with E-state index in [2.05, 4.69) is 28.5 Å². The standard InChI is InChI=1S/C25H29N3O3/c1-2-3-4-24(30)26-28-16-21-15-22(9-10-23(21)25(28)31)27-13-11-20(12-14-27)19-7-5-18(17-29)6-8-19/h5-10,15,17,20H,2-4,11-14,16H2,1H3,(H,26,30). The van der Waals surface area contributed by atoms with Crippen molar-refractivity contribution in [2.75, 3.05) is 18.0 Å². The zero-order chi connectivity index (χ0) is 21.8. The van der Waals surface area contributed by atoms with Gasteiger partial charge >= 0.3 is 0 Å². The molecule has 0 radical (unpaired) electrons. The lowest BCUT2D eigenvalue weighted by atomic mass is 9.89. The molecule has 162 valence electrons. The van der Waals surface area contributed by atoms with E-state index in [-0.39, 0.29) is 11.8 Å². The van der Waals surface area contributed by atoms with Crippen molar-refractivity contribution in [1.29, 1.82) is 0 Å². The summed E-state index contributed by atoms with van der Waals surface area (Å²) in [6.45, 7) is 4.35. The van der Waals surface area contributed by atoms with Crippen LogP contribution in [0.5, 0.6) is 0 Å². The smallest absolute Gasteiger partial charge is 0.272 e. The summed E-state index contributed by atoms with van der Waals surface area (Å²) in [6, 6.07) is 13.9. The Morgan fingerprint density at radius 3 is 2.55 bits per heavy atom. The van der Waals surface area contributed by atoms with Crippen molar-refractivity contribution in [3.8, 4) is 0 Å². The first-order valence-electron chi connectivity index (χ1n) is 11.1. The van der Waals surface area contributed by atoms with Gasteiger partial charge in [0, 0.05) is 36.3 Å². The third kappa shape index (κ3) is 4.63. The number of piperidine rings is 1. The highest BCUT2D eigenvalue weighted by Crippen LogP contribution is 2.32. The number of hydrogen-bond acceptors (Lipinski definition) is 4. The number of carbonyl (C=O) groups is 3. The van der Waals surface area contributed by atoms with Crippen LogP contribution < -0.4 is 10.3 Å². The number of rotatable bonds is 7. The Labute approximate surface area is 183 Å². The molecule has 2 aromatic rings. The Morgan fingerprint density at radius 2 is 1.87 bits per heavy atom. The summed E-state index contributed by atoms with van der Waals surface area (Å²) in [4.78, 5) is 37.9. The van der Waals surface area contributed by atoms with Gasteiger partial charge in [-0.05, 0) is 54.5 Å². The number of amides is 2. The van der Waals surface area contributed by atoms with Gasteiger partial charge in [0.15, 0.2) is 0 Å². The maximum absolute atomic E-state index is 12.6. The van der Waals surface area contributed by atoms with Gasteiger partial charge in [-0.3, -0.25) is 19.8 Å². The zero-order valence-corrected chi connectivity index (χ0v) is 18.0. The average Bonchev–Trinajstić information content (AvgIpc) is 3.12. The van der Waals surface area contributed by atoms with Crippen LogP contribution in [0.15, 0.2) is 42.5 Å². The van der Waals surface area contributed by atoms with E-state index in [0.29, 0.717) is 30.0 Å². The van der Waals surface area contributed by atoms with Gasteiger partial charge in [-0.25, -0.2) is 5.01 Å². The minimum absolute atomic E-state index is 0.105. The van der Waals surface area contributed by atoms with Crippen LogP contribution in [0.1, 0.15) is 76.8 Å². The summed E-state index contributed by atoms with van der Waals surface area (Å²) in [6.07, 6.45) is 5.19. The van der Waals surface area contributed by atoms with E-state index in [1.807, 2.05) is 31.2 Å². The maximum atomic E-state index is 12.6. The summed E-state index contributed by atoms with van der Waals surface area (Å²) in [5, 5.41) is 1.43. The molecule has 0 aliphatic carbocycles. The molecule has 0 aromatic heterocycles. The number of aldehydes is 1. The number of hydrogen-bond donors (Lipinski definition) is 1.